The molecule has 27 heavy (non-hydrogen) atoms. The Labute approximate surface area is 163 Å². The highest BCUT2D eigenvalue weighted by molar-refractivity contribution is 7.88. The fraction of sp³-hybridized carbons (Fsp3) is 0.600. The molecular weight excluding hydrogens is 362 g/mol. The van der Waals surface area contributed by atoms with E-state index in [-0.39, 0.29) is 18.0 Å². The van der Waals surface area contributed by atoms with Crippen LogP contribution in [0, 0.1) is 0 Å². The van der Waals surface area contributed by atoms with Gasteiger partial charge in [0.2, 0.25) is 10.0 Å². The van der Waals surface area contributed by atoms with E-state index < -0.39 is 15.9 Å². The molecule has 7 heteroatoms. The Morgan fingerprint density at radius 1 is 1.19 bits per heavy atom. The molecule has 150 valence electrons. The maximum Gasteiger partial charge on any atom is 0.255 e. The molecule has 1 aromatic rings. The van der Waals surface area contributed by atoms with Gasteiger partial charge in [-0.3, -0.25) is 4.79 Å². The monoisotopic (exact) mass is 393 g/mol. The van der Waals surface area contributed by atoms with E-state index in [1.54, 1.807) is 6.21 Å². The summed E-state index contributed by atoms with van der Waals surface area (Å²) in [7, 11) is -3.43. The maximum atomic E-state index is 12.2. The molecule has 0 radical (unpaired) electrons. The van der Waals surface area contributed by atoms with Crippen molar-refractivity contribution >= 4 is 22.1 Å². The van der Waals surface area contributed by atoms with Gasteiger partial charge in [-0.2, -0.15) is 9.41 Å². The predicted molar refractivity (Wildman–Crippen MR) is 109 cm³/mol. The number of nitrogens with zero attached hydrogens (tertiary/aromatic N) is 2. The molecule has 0 aliphatic heterocycles. The van der Waals surface area contributed by atoms with E-state index in [0.29, 0.717) is 0 Å². The minimum atomic E-state index is -3.43. The summed E-state index contributed by atoms with van der Waals surface area (Å²) in [5.41, 5.74) is 4.62. The predicted octanol–water partition coefficient (Wildman–Crippen LogP) is 3.03. The third-order valence-electron chi connectivity index (χ3n) is 4.89. The number of rotatable bonds is 6. The molecule has 1 amide bonds. The standard InChI is InChI=1S/C20H31N3O3S/c1-20(2,3)17-12-10-16(11-13-17)14-21-22-19(24)15-23(27(4,25)26)18-8-6-5-7-9-18/h10-14,18H,5-9,15H2,1-4H3,(H,22,24)/b21-14+. The average molecular weight is 394 g/mol. The van der Waals surface area contributed by atoms with Gasteiger partial charge in [0.15, 0.2) is 0 Å². The lowest BCUT2D eigenvalue weighted by Crippen LogP contribution is -2.45. The van der Waals surface area contributed by atoms with E-state index in [0.717, 1.165) is 43.9 Å². The van der Waals surface area contributed by atoms with Gasteiger partial charge in [0.05, 0.1) is 19.0 Å². The van der Waals surface area contributed by atoms with Gasteiger partial charge in [0, 0.05) is 6.04 Å². The summed E-state index contributed by atoms with van der Waals surface area (Å²) in [6.45, 7) is 6.26. The third-order valence-corrected chi connectivity index (χ3v) is 6.17. The highest BCUT2D eigenvalue weighted by Gasteiger charge is 2.29. The average Bonchev–Trinajstić information content (AvgIpc) is 2.59. The molecule has 0 saturated heterocycles. The number of carbonyl (C=O) groups excluding carboxylic acids is 1. The van der Waals surface area contributed by atoms with Crippen LogP contribution < -0.4 is 5.43 Å². The second-order valence-corrected chi connectivity index (χ2v) is 10.2. The van der Waals surface area contributed by atoms with Crippen LogP contribution in [0.2, 0.25) is 0 Å². The van der Waals surface area contributed by atoms with Crippen molar-refractivity contribution in [1.29, 1.82) is 0 Å². The van der Waals surface area contributed by atoms with Crippen LogP contribution in [-0.4, -0.2) is 43.7 Å². The highest BCUT2D eigenvalue weighted by Crippen LogP contribution is 2.24. The molecule has 0 spiro atoms. The topological polar surface area (TPSA) is 78.8 Å². The van der Waals surface area contributed by atoms with Gasteiger partial charge in [0.1, 0.15) is 0 Å². The van der Waals surface area contributed by atoms with Crippen molar-refractivity contribution in [2.75, 3.05) is 12.8 Å². The zero-order valence-electron chi connectivity index (χ0n) is 16.7. The van der Waals surface area contributed by atoms with Crippen LogP contribution in [-0.2, 0) is 20.2 Å². The number of amides is 1. The second kappa shape index (κ2) is 8.97. The molecule has 0 unspecified atom stereocenters. The number of carbonyl (C=O) groups is 1. The molecule has 1 N–H and O–H groups in total. The van der Waals surface area contributed by atoms with E-state index in [4.69, 9.17) is 0 Å². The number of benzene rings is 1. The first-order valence-electron chi connectivity index (χ1n) is 9.46. The van der Waals surface area contributed by atoms with Crippen molar-refractivity contribution in [1.82, 2.24) is 9.73 Å². The largest absolute Gasteiger partial charge is 0.272 e. The fourth-order valence-electron chi connectivity index (χ4n) is 3.31. The Morgan fingerprint density at radius 3 is 2.30 bits per heavy atom. The van der Waals surface area contributed by atoms with Gasteiger partial charge >= 0.3 is 0 Å². The van der Waals surface area contributed by atoms with E-state index in [1.807, 2.05) is 24.3 Å². The molecule has 1 aliphatic carbocycles. The highest BCUT2D eigenvalue weighted by atomic mass is 32.2. The fourth-order valence-corrected chi connectivity index (χ4v) is 4.42. The van der Waals surface area contributed by atoms with Crippen molar-refractivity contribution in [3.63, 3.8) is 0 Å². The molecule has 2 rings (SSSR count). The lowest BCUT2D eigenvalue weighted by Gasteiger charge is -2.31. The maximum absolute atomic E-state index is 12.2. The summed E-state index contributed by atoms with van der Waals surface area (Å²) in [5.74, 6) is -0.423. The summed E-state index contributed by atoms with van der Waals surface area (Å²) in [6.07, 6.45) is 7.47. The normalized spacial score (nSPS) is 16.8. The third kappa shape index (κ3) is 6.74. The lowest BCUT2D eigenvalue weighted by molar-refractivity contribution is -0.121. The lowest BCUT2D eigenvalue weighted by atomic mass is 9.87. The summed E-state index contributed by atoms with van der Waals surface area (Å²) in [6, 6.07) is 7.88. The zero-order chi connectivity index (χ0) is 20.1. The van der Waals surface area contributed by atoms with Crippen LogP contribution in [0.3, 0.4) is 0 Å². The van der Waals surface area contributed by atoms with Gasteiger partial charge in [-0.25, -0.2) is 13.8 Å². The van der Waals surface area contributed by atoms with E-state index in [9.17, 15) is 13.2 Å². The number of sulfonamides is 1. The van der Waals surface area contributed by atoms with E-state index >= 15 is 0 Å². The van der Waals surface area contributed by atoms with Gasteiger partial charge < -0.3 is 0 Å². The molecule has 0 bridgehead atoms. The SMILES string of the molecule is CC(C)(C)c1ccc(/C=N/NC(=O)CN(C2CCCCC2)S(C)(=O)=O)cc1. The van der Waals surface area contributed by atoms with Crippen LogP contribution in [0.5, 0.6) is 0 Å². The first kappa shape index (κ1) is 21.6. The molecule has 6 nitrogen and oxygen atoms in total. The summed E-state index contributed by atoms with van der Waals surface area (Å²) < 4.78 is 25.5. The Bertz CT molecular complexity index is 759. The second-order valence-electron chi connectivity index (χ2n) is 8.27. The quantitative estimate of drug-likeness (QED) is 0.596. The molecule has 0 atom stereocenters. The summed E-state index contributed by atoms with van der Waals surface area (Å²) in [4.78, 5) is 12.2. The summed E-state index contributed by atoms with van der Waals surface area (Å²) >= 11 is 0. The first-order valence-corrected chi connectivity index (χ1v) is 11.3. The van der Waals surface area contributed by atoms with Gasteiger partial charge in [0.25, 0.3) is 5.91 Å². The Kier molecular flexibility index (Phi) is 7.17. The molecule has 0 aromatic heterocycles. The van der Waals surface area contributed by atoms with Crippen LogP contribution in [0.25, 0.3) is 0 Å². The number of nitrogens with one attached hydrogen (secondary N) is 1. The summed E-state index contributed by atoms with van der Waals surface area (Å²) in [5, 5.41) is 3.97. The van der Waals surface area contributed by atoms with Crippen molar-refractivity contribution in [2.24, 2.45) is 5.10 Å². The van der Waals surface area contributed by atoms with Gasteiger partial charge in [-0.15, -0.1) is 0 Å². The molecule has 1 saturated carbocycles. The van der Waals surface area contributed by atoms with E-state index in [1.165, 1.54) is 9.87 Å². The van der Waals surface area contributed by atoms with Crippen molar-refractivity contribution < 1.29 is 13.2 Å². The molecule has 1 aliphatic rings. The number of hydrogen-bond donors (Lipinski definition) is 1. The minimum absolute atomic E-state index is 0.0815. The van der Waals surface area contributed by atoms with Gasteiger partial charge in [-0.1, -0.05) is 64.3 Å². The molecule has 0 heterocycles. The molecule has 1 aromatic carbocycles. The Hall–Kier alpha value is -1.73. The molecule has 1 fully saturated rings. The van der Waals surface area contributed by atoms with Crippen LogP contribution in [0.15, 0.2) is 29.4 Å². The van der Waals surface area contributed by atoms with E-state index in [2.05, 4.69) is 31.3 Å². The number of hydrazone groups is 1. The van der Waals surface area contributed by atoms with Gasteiger partial charge in [-0.05, 0) is 29.4 Å². The number of hydrogen-bond acceptors (Lipinski definition) is 4. The van der Waals surface area contributed by atoms with Crippen molar-refractivity contribution in [3.8, 4) is 0 Å². The molecular formula is C20H31N3O3S. The first-order chi connectivity index (χ1) is 12.6. The van der Waals surface area contributed by atoms with Crippen LogP contribution >= 0.6 is 0 Å². The Morgan fingerprint density at radius 2 is 1.78 bits per heavy atom. The zero-order valence-corrected chi connectivity index (χ0v) is 17.6. The van der Waals surface area contributed by atoms with Crippen LogP contribution in [0.1, 0.15) is 64.0 Å². The van der Waals surface area contributed by atoms with Crippen LogP contribution in [0.4, 0.5) is 0 Å². The minimum Gasteiger partial charge on any atom is -0.272 e. The smallest absolute Gasteiger partial charge is 0.255 e. The van der Waals surface area contributed by atoms with Crippen molar-refractivity contribution in [3.05, 3.63) is 35.4 Å². The Balaban J connectivity index is 1.94. The van der Waals surface area contributed by atoms with Crippen molar-refractivity contribution in [2.45, 2.75) is 64.3 Å².